The average Bonchev–Trinajstić information content (AvgIpc) is 2.78. The van der Waals surface area contributed by atoms with E-state index in [1.165, 1.54) is 161 Å². The van der Waals surface area contributed by atoms with Crippen LogP contribution in [0.2, 0.25) is 0 Å². The van der Waals surface area contributed by atoms with Crippen molar-refractivity contribution in [2.45, 2.75) is 148 Å². The Morgan fingerprint density at radius 3 is 0.903 bits per heavy atom. The Morgan fingerprint density at radius 2 is 0.613 bits per heavy atom. The molecule has 3 heteroatoms. The molecule has 0 heterocycles. The molecule has 3 nitrogen and oxygen atoms in total. The fourth-order valence-corrected chi connectivity index (χ4v) is 4.53. The van der Waals surface area contributed by atoms with E-state index < -0.39 is 0 Å². The van der Waals surface area contributed by atoms with Crippen LogP contribution in [0.15, 0.2) is 0 Å². The third-order valence-corrected chi connectivity index (χ3v) is 6.68. The van der Waals surface area contributed by atoms with Crippen LogP contribution in [0.1, 0.15) is 148 Å². The molecule has 0 aliphatic heterocycles. The van der Waals surface area contributed by atoms with Crippen LogP contribution < -0.4 is 11.5 Å². The number of rotatable bonds is 27. The Hall–Kier alpha value is -0.120. The highest BCUT2D eigenvalue weighted by atomic mass is 15.1. The molecule has 188 valence electrons. The van der Waals surface area contributed by atoms with Gasteiger partial charge in [0.15, 0.2) is 0 Å². The van der Waals surface area contributed by atoms with Gasteiger partial charge in [-0.25, -0.2) is 0 Å². The van der Waals surface area contributed by atoms with E-state index in [2.05, 4.69) is 11.8 Å². The van der Waals surface area contributed by atoms with E-state index in [1.54, 1.807) is 0 Å². The lowest BCUT2D eigenvalue weighted by atomic mass is 10.0. The highest BCUT2D eigenvalue weighted by molar-refractivity contribution is 4.60. The van der Waals surface area contributed by atoms with E-state index in [0.29, 0.717) is 0 Å². The number of unbranched alkanes of at least 4 members (excludes halogenated alkanes) is 19. The molecule has 0 bridgehead atoms. The van der Waals surface area contributed by atoms with Crippen LogP contribution in [0.4, 0.5) is 0 Å². The zero-order valence-electron chi connectivity index (χ0n) is 21.7. The van der Waals surface area contributed by atoms with Crippen molar-refractivity contribution in [3.8, 4) is 0 Å². The van der Waals surface area contributed by atoms with Crippen LogP contribution in [-0.4, -0.2) is 37.6 Å². The van der Waals surface area contributed by atoms with Gasteiger partial charge in [0.25, 0.3) is 0 Å². The van der Waals surface area contributed by atoms with Crippen molar-refractivity contribution < 1.29 is 0 Å². The third-order valence-electron chi connectivity index (χ3n) is 6.68. The molecule has 0 aliphatic carbocycles. The molecule has 0 aromatic carbocycles. The molecule has 0 rings (SSSR count). The Labute approximate surface area is 197 Å². The van der Waals surface area contributed by atoms with E-state index in [9.17, 15) is 0 Å². The highest BCUT2D eigenvalue weighted by Gasteiger charge is 2.05. The van der Waals surface area contributed by atoms with Crippen molar-refractivity contribution in [3.05, 3.63) is 0 Å². The summed E-state index contributed by atoms with van der Waals surface area (Å²) >= 11 is 0. The van der Waals surface area contributed by atoms with Gasteiger partial charge in [-0.2, -0.15) is 0 Å². The molecule has 0 aromatic heterocycles. The van der Waals surface area contributed by atoms with Gasteiger partial charge < -0.3 is 16.4 Å². The zero-order chi connectivity index (χ0) is 22.7. The Morgan fingerprint density at radius 1 is 0.355 bits per heavy atom. The first-order valence-corrected chi connectivity index (χ1v) is 14.5. The number of hydrogen-bond donors (Lipinski definition) is 2. The summed E-state index contributed by atoms with van der Waals surface area (Å²) in [4.78, 5) is 2.74. The van der Waals surface area contributed by atoms with Crippen molar-refractivity contribution in [3.63, 3.8) is 0 Å². The Kier molecular flexibility index (Phi) is 27.8. The van der Waals surface area contributed by atoms with Crippen LogP contribution in [0, 0.1) is 0 Å². The molecular weight excluding hydrogens is 378 g/mol. The summed E-state index contributed by atoms with van der Waals surface area (Å²) in [5.41, 5.74) is 11.2. The summed E-state index contributed by atoms with van der Waals surface area (Å²) in [6.45, 7) is 7.90. The standard InChI is InChI=1S/C28H61N3/c1-2-3-4-5-6-7-8-9-10-11-12-13-16-21-26-31(27-22-17-14-19-24-29)28-23-18-15-20-25-30/h2-30H2,1H3. The topological polar surface area (TPSA) is 55.3 Å². The normalized spacial score (nSPS) is 11.6. The molecule has 0 aliphatic rings. The maximum Gasteiger partial charge on any atom is -0.00187 e. The lowest BCUT2D eigenvalue weighted by molar-refractivity contribution is 0.254. The van der Waals surface area contributed by atoms with Crippen molar-refractivity contribution in [1.29, 1.82) is 0 Å². The van der Waals surface area contributed by atoms with Crippen LogP contribution in [0.25, 0.3) is 0 Å². The van der Waals surface area contributed by atoms with E-state index >= 15 is 0 Å². The van der Waals surface area contributed by atoms with Gasteiger partial charge in [0.1, 0.15) is 0 Å². The van der Waals surface area contributed by atoms with E-state index in [1.807, 2.05) is 0 Å². The molecule has 0 radical (unpaired) electrons. The Balaban J connectivity index is 3.59. The fourth-order valence-electron chi connectivity index (χ4n) is 4.53. The summed E-state index contributed by atoms with van der Waals surface area (Å²) in [6, 6.07) is 0. The van der Waals surface area contributed by atoms with Gasteiger partial charge in [-0.15, -0.1) is 0 Å². The van der Waals surface area contributed by atoms with Crippen molar-refractivity contribution in [2.75, 3.05) is 32.7 Å². The zero-order valence-corrected chi connectivity index (χ0v) is 21.7. The van der Waals surface area contributed by atoms with Gasteiger partial charge in [0.05, 0.1) is 0 Å². The minimum absolute atomic E-state index is 0.851. The van der Waals surface area contributed by atoms with E-state index in [4.69, 9.17) is 11.5 Å². The van der Waals surface area contributed by atoms with Gasteiger partial charge in [-0.05, 0) is 64.8 Å². The van der Waals surface area contributed by atoms with Crippen molar-refractivity contribution >= 4 is 0 Å². The Bertz CT molecular complexity index is 295. The van der Waals surface area contributed by atoms with Gasteiger partial charge in [0, 0.05) is 0 Å². The molecule has 0 saturated carbocycles. The van der Waals surface area contributed by atoms with E-state index in [-0.39, 0.29) is 0 Å². The van der Waals surface area contributed by atoms with Gasteiger partial charge in [0.2, 0.25) is 0 Å². The summed E-state index contributed by atoms with van der Waals surface area (Å²) in [5.74, 6) is 0. The summed E-state index contributed by atoms with van der Waals surface area (Å²) in [5, 5.41) is 0. The number of nitrogens with two attached hydrogens (primary N) is 2. The third kappa shape index (κ3) is 26.0. The maximum atomic E-state index is 5.62. The molecule has 0 spiro atoms. The first-order chi connectivity index (χ1) is 15.3. The molecule has 0 fully saturated rings. The molecule has 31 heavy (non-hydrogen) atoms. The molecule has 0 unspecified atom stereocenters. The predicted octanol–water partition coefficient (Wildman–Crippen LogP) is 7.81. The van der Waals surface area contributed by atoms with Crippen LogP contribution in [0.3, 0.4) is 0 Å². The first-order valence-electron chi connectivity index (χ1n) is 14.5. The summed E-state index contributed by atoms with van der Waals surface area (Å²) in [6.07, 6.45) is 30.6. The second-order valence-electron chi connectivity index (χ2n) is 9.84. The van der Waals surface area contributed by atoms with Crippen molar-refractivity contribution in [2.24, 2.45) is 11.5 Å². The smallest absolute Gasteiger partial charge is 0.00187 e. The van der Waals surface area contributed by atoms with Crippen LogP contribution in [0.5, 0.6) is 0 Å². The summed E-state index contributed by atoms with van der Waals surface area (Å²) in [7, 11) is 0. The molecule has 0 aromatic rings. The van der Waals surface area contributed by atoms with Gasteiger partial charge in [-0.3, -0.25) is 0 Å². The predicted molar refractivity (Wildman–Crippen MR) is 142 cm³/mol. The molecule has 0 saturated heterocycles. The van der Waals surface area contributed by atoms with Crippen LogP contribution in [-0.2, 0) is 0 Å². The monoisotopic (exact) mass is 439 g/mol. The van der Waals surface area contributed by atoms with Crippen LogP contribution >= 0.6 is 0 Å². The number of hydrogen-bond acceptors (Lipinski definition) is 3. The molecular formula is C28H61N3. The minimum atomic E-state index is 0.851. The average molecular weight is 440 g/mol. The van der Waals surface area contributed by atoms with E-state index in [0.717, 1.165) is 13.1 Å². The lowest BCUT2D eigenvalue weighted by Crippen LogP contribution is -2.27. The second-order valence-corrected chi connectivity index (χ2v) is 9.84. The quantitative estimate of drug-likeness (QED) is 0.128. The lowest BCUT2D eigenvalue weighted by Gasteiger charge is -2.22. The van der Waals surface area contributed by atoms with Gasteiger partial charge >= 0.3 is 0 Å². The van der Waals surface area contributed by atoms with Crippen molar-refractivity contribution in [1.82, 2.24) is 4.90 Å². The first kappa shape index (κ1) is 30.9. The molecule has 4 N–H and O–H groups in total. The summed E-state index contributed by atoms with van der Waals surface area (Å²) < 4.78 is 0. The number of nitrogens with zero attached hydrogens (tertiary/aromatic N) is 1. The molecule has 0 amide bonds. The maximum absolute atomic E-state index is 5.62. The fraction of sp³-hybridized carbons (Fsp3) is 1.00. The minimum Gasteiger partial charge on any atom is -0.330 e. The highest BCUT2D eigenvalue weighted by Crippen LogP contribution is 2.13. The largest absolute Gasteiger partial charge is 0.330 e. The van der Waals surface area contributed by atoms with Gasteiger partial charge in [-0.1, -0.05) is 116 Å². The molecule has 0 atom stereocenters. The SMILES string of the molecule is CCCCCCCCCCCCCCCCN(CCCCCCN)CCCCCCN. The second kappa shape index (κ2) is 27.9.